The minimum atomic E-state index is -0.424. The average Bonchev–Trinajstić information content (AvgIpc) is 2.16. The van der Waals surface area contributed by atoms with Crippen LogP contribution in [0.2, 0.25) is 0 Å². The van der Waals surface area contributed by atoms with Gasteiger partial charge in [-0.3, -0.25) is 0 Å². The number of hydrogen-bond donors (Lipinski definition) is 1. The van der Waals surface area contributed by atoms with E-state index in [0.29, 0.717) is 12.5 Å². The Labute approximate surface area is 91.9 Å². The van der Waals surface area contributed by atoms with Gasteiger partial charge in [-0.25, -0.2) is 0 Å². The van der Waals surface area contributed by atoms with Crippen molar-refractivity contribution in [2.45, 2.75) is 39.7 Å². The van der Waals surface area contributed by atoms with Crippen LogP contribution in [-0.4, -0.2) is 17.8 Å². The molecule has 1 rings (SSSR count). The van der Waals surface area contributed by atoms with Crippen molar-refractivity contribution in [2.24, 2.45) is 0 Å². The summed E-state index contributed by atoms with van der Waals surface area (Å²) in [5.74, 6) is 1.38. The lowest BCUT2D eigenvalue weighted by Gasteiger charge is -2.13. The third-order valence-corrected chi connectivity index (χ3v) is 2.36. The zero-order valence-corrected chi connectivity index (χ0v) is 9.95. The highest BCUT2D eigenvalue weighted by atomic mass is 16.5. The van der Waals surface area contributed by atoms with E-state index in [4.69, 9.17) is 9.84 Å². The van der Waals surface area contributed by atoms with E-state index in [2.05, 4.69) is 32.0 Å². The number of aryl methyl sites for hydroxylation is 1. The summed E-state index contributed by atoms with van der Waals surface area (Å²) in [6.45, 7) is 8.40. The highest BCUT2D eigenvalue weighted by molar-refractivity contribution is 5.37. The van der Waals surface area contributed by atoms with Crippen molar-refractivity contribution in [1.29, 1.82) is 0 Å². The lowest BCUT2D eigenvalue weighted by molar-refractivity contribution is 0.122. The van der Waals surface area contributed by atoms with Crippen molar-refractivity contribution >= 4 is 0 Å². The maximum atomic E-state index is 9.16. The topological polar surface area (TPSA) is 29.5 Å². The van der Waals surface area contributed by atoms with E-state index in [1.54, 1.807) is 6.92 Å². The molecule has 1 atom stereocenters. The third kappa shape index (κ3) is 3.56. The molecule has 0 amide bonds. The van der Waals surface area contributed by atoms with Crippen LogP contribution >= 0.6 is 0 Å². The molecular formula is C13H20O2. The molecule has 0 saturated carbocycles. The van der Waals surface area contributed by atoms with E-state index in [0.717, 1.165) is 11.3 Å². The lowest BCUT2D eigenvalue weighted by atomic mass is 10.0. The second-order valence-electron chi connectivity index (χ2n) is 4.34. The van der Waals surface area contributed by atoms with Crippen LogP contribution in [0.15, 0.2) is 18.2 Å². The first-order chi connectivity index (χ1) is 7.00. The Kier molecular flexibility index (Phi) is 4.15. The minimum Gasteiger partial charge on any atom is -0.491 e. The molecule has 0 saturated heterocycles. The fourth-order valence-electron chi connectivity index (χ4n) is 1.34. The molecule has 0 spiro atoms. The van der Waals surface area contributed by atoms with Crippen LogP contribution in [0.25, 0.3) is 0 Å². The van der Waals surface area contributed by atoms with Crippen LogP contribution < -0.4 is 4.74 Å². The predicted molar refractivity (Wildman–Crippen MR) is 62.4 cm³/mol. The molecule has 0 radical (unpaired) electrons. The molecule has 0 aliphatic carbocycles. The largest absolute Gasteiger partial charge is 0.491 e. The first-order valence-electron chi connectivity index (χ1n) is 5.42. The van der Waals surface area contributed by atoms with Crippen molar-refractivity contribution in [3.8, 4) is 5.75 Å². The Bertz CT molecular complexity index is 316. The molecule has 84 valence electrons. The first kappa shape index (κ1) is 12.1. The zero-order valence-electron chi connectivity index (χ0n) is 9.95. The van der Waals surface area contributed by atoms with Gasteiger partial charge in [0, 0.05) is 0 Å². The fraction of sp³-hybridized carbons (Fsp3) is 0.538. The molecule has 2 nitrogen and oxygen atoms in total. The van der Waals surface area contributed by atoms with Gasteiger partial charge in [-0.2, -0.15) is 0 Å². The smallest absolute Gasteiger partial charge is 0.122 e. The Hall–Kier alpha value is -1.02. The van der Waals surface area contributed by atoms with E-state index in [1.807, 2.05) is 6.92 Å². The van der Waals surface area contributed by atoms with Gasteiger partial charge in [-0.1, -0.05) is 26.0 Å². The number of ether oxygens (including phenoxy) is 1. The number of hydrogen-bond acceptors (Lipinski definition) is 2. The third-order valence-electron chi connectivity index (χ3n) is 2.36. The van der Waals surface area contributed by atoms with Crippen LogP contribution in [0.5, 0.6) is 5.75 Å². The molecule has 1 unspecified atom stereocenters. The molecule has 0 aromatic heterocycles. The zero-order chi connectivity index (χ0) is 11.4. The van der Waals surface area contributed by atoms with Gasteiger partial charge in [0.15, 0.2) is 0 Å². The molecule has 1 aromatic rings. The summed E-state index contributed by atoms with van der Waals surface area (Å²) in [6, 6.07) is 6.24. The van der Waals surface area contributed by atoms with Crippen LogP contribution in [0.4, 0.5) is 0 Å². The molecule has 0 fully saturated rings. The second kappa shape index (κ2) is 5.17. The Morgan fingerprint density at radius 3 is 2.47 bits per heavy atom. The Morgan fingerprint density at radius 2 is 1.93 bits per heavy atom. The summed E-state index contributed by atoms with van der Waals surface area (Å²) in [5, 5.41) is 9.16. The number of aliphatic hydroxyl groups excluding tert-OH is 1. The maximum absolute atomic E-state index is 9.16. The molecule has 0 aliphatic heterocycles. The van der Waals surface area contributed by atoms with Crippen molar-refractivity contribution in [1.82, 2.24) is 0 Å². The normalized spacial score (nSPS) is 12.9. The highest BCUT2D eigenvalue weighted by Gasteiger charge is 2.05. The number of rotatable bonds is 4. The van der Waals surface area contributed by atoms with E-state index < -0.39 is 6.10 Å². The summed E-state index contributed by atoms with van der Waals surface area (Å²) >= 11 is 0. The Morgan fingerprint density at radius 1 is 1.27 bits per heavy atom. The van der Waals surface area contributed by atoms with E-state index in [9.17, 15) is 0 Å². The predicted octanol–water partition coefficient (Wildman–Crippen LogP) is 2.88. The van der Waals surface area contributed by atoms with Gasteiger partial charge in [0.25, 0.3) is 0 Å². The van der Waals surface area contributed by atoms with E-state index in [1.165, 1.54) is 5.56 Å². The standard InChI is InChI=1S/C13H20O2/c1-9(2)12-6-5-10(3)13(7-12)15-8-11(4)14/h5-7,9,11,14H,8H2,1-4H3. The van der Waals surface area contributed by atoms with E-state index >= 15 is 0 Å². The number of benzene rings is 1. The van der Waals surface area contributed by atoms with Crippen molar-refractivity contribution in [2.75, 3.05) is 6.61 Å². The first-order valence-corrected chi connectivity index (χ1v) is 5.42. The van der Waals surface area contributed by atoms with Crippen LogP contribution in [0, 0.1) is 6.92 Å². The summed E-state index contributed by atoms with van der Waals surface area (Å²) < 4.78 is 5.54. The maximum Gasteiger partial charge on any atom is 0.122 e. The quantitative estimate of drug-likeness (QED) is 0.824. The fourth-order valence-corrected chi connectivity index (χ4v) is 1.34. The lowest BCUT2D eigenvalue weighted by Crippen LogP contribution is -2.13. The molecule has 2 heteroatoms. The molecule has 1 aromatic carbocycles. The van der Waals surface area contributed by atoms with Crippen LogP contribution in [0.1, 0.15) is 37.8 Å². The van der Waals surface area contributed by atoms with Crippen LogP contribution in [-0.2, 0) is 0 Å². The van der Waals surface area contributed by atoms with Gasteiger partial charge in [-0.05, 0) is 37.0 Å². The molecule has 1 N–H and O–H groups in total. The summed E-state index contributed by atoms with van der Waals surface area (Å²) in [7, 11) is 0. The SMILES string of the molecule is Cc1ccc(C(C)C)cc1OCC(C)O. The van der Waals surface area contributed by atoms with Gasteiger partial charge in [0.05, 0.1) is 6.10 Å². The van der Waals surface area contributed by atoms with Gasteiger partial charge in [0.1, 0.15) is 12.4 Å². The van der Waals surface area contributed by atoms with Gasteiger partial charge < -0.3 is 9.84 Å². The summed E-state index contributed by atoms with van der Waals surface area (Å²) in [6.07, 6.45) is -0.424. The summed E-state index contributed by atoms with van der Waals surface area (Å²) in [5.41, 5.74) is 2.38. The summed E-state index contributed by atoms with van der Waals surface area (Å²) in [4.78, 5) is 0. The number of aliphatic hydroxyl groups is 1. The van der Waals surface area contributed by atoms with Crippen LogP contribution in [0.3, 0.4) is 0 Å². The second-order valence-corrected chi connectivity index (χ2v) is 4.34. The molecule has 0 bridgehead atoms. The van der Waals surface area contributed by atoms with Gasteiger partial charge in [-0.15, -0.1) is 0 Å². The molecule has 0 aliphatic rings. The van der Waals surface area contributed by atoms with Crippen molar-refractivity contribution < 1.29 is 9.84 Å². The minimum absolute atomic E-state index is 0.350. The molecular weight excluding hydrogens is 188 g/mol. The Balaban J connectivity index is 2.81. The van der Waals surface area contributed by atoms with Gasteiger partial charge in [0.2, 0.25) is 0 Å². The highest BCUT2D eigenvalue weighted by Crippen LogP contribution is 2.24. The molecule has 0 heterocycles. The van der Waals surface area contributed by atoms with Gasteiger partial charge >= 0.3 is 0 Å². The molecule has 15 heavy (non-hydrogen) atoms. The van der Waals surface area contributed by atoms with Crippen molar-refractivity contribution in [3.63, 3.8) is 0 Å². The average molecular weight is 208 g/mol. The van der Waals surface area contributed by atoms with Crippen molar-refractivity contribution in [3.05, 3.63) is 29.3 Å². The van der Waals surface area contributed by atoms with E-state index in [-0.39, 0.29) is 0 Å². The monoisotopic (exact) mass is 208 g/mol.